The van der Waals surface area contributed by atoms with Crippen molar-refractivity contribution < 1.29 is 9.90 Å². The molecule has 0 spiro atoms. The molecule has 3 aromatic carbocycles. The molecule has 4 heteroatoms. The SMILES string of the molecule is Nc1cccc(C(=O)Nc2ccc3ccccc3c2)c1O. The molecule has 0 saturated heterocycles. The second kappa shape index (κ2) is 5.17. The van der Waals surface area contributed by atoms with Crippen LogP contribution in [0.1, 0.15) is 10.4 Å². The van der Waals surface area contributed by atoms with Crippen LogP contribution in [0.15, 0.2) is 60.7 Å². The number of fused-ring (bicyclic) bond motifs is 1. The average molecular weight is 278 g/mol. The third-order valence-corrected chi connectivity index (χ3v) is 3.32. The fraction of sp³-hybridized carbons (Fsp3) is 0. The van der Waals surface area contributed by atoms with Crippen LogP contribution in [0.2, 0.25) is 0 Å². The van der Waals surface area contributed by atoms with Crippen LogP contribution in [0.5, 0.6) is 5.75 Å². The van der Waals surface area contributed by atoms with Crippen molar-refractivity contribution in [2.24, 2.45) is 0 Å². The monoisotopic (exact) mass is 278 g/mol. The molecular formula is C17H14N2O2. The van der Waals surface area contributed by atoms with Crippen molar-refractivity contribution in [3.63, 3.8) is 0 Å². The average Bonchev–Trinajstić information content (AvgIpc) is 2.50. The second-order valence-electron chi connectivity index (χ2n) is 4.76. The van der Waals surface area contributed by atoms with E-state index >= 15 is 0 Å². The highest BCUT2D eigenvalue weighted by Crippen LogP contribution is 2.26. The Morgan fingerprint density at radius 1 is 0.952 bits per heavy atom. The van der Waals surface area contributed by atoms with Gasteiger partial charge in [-0.3, -0.25) is 4.79 Å². The Hall–Kier alpha value is -3.01. The molecule has 0 aromatic heterocycles. The Balaban J connectivity index is 1.91. The van der Waals surface area contributed by atoms with Crippen molar-refractivity contribution in [3.8, 4) is 5.75 Å². The van der Waals surface area contributed by atoms with Gasteiger partial charge in [-0.2, -0.15) is 0 Å². The number of anilines is 2. The first-order chi connectivity index (χ1) is 10.1. The smallest absolute Gasteiger partial charge is 0.259 e. The van der Waals surface area contributed by atoms with E-state index < -0.39 is 5.91 Å². The molecule has 0 unspecified atom stereocenters. The Morgan fingerprint density at radius 3 is 2.52 bits per heavy atom. The molecule has 0 fully saturated rings. The van der Waals surface area contributed by atoms with Gasteiger partial charge in [-0.15, -0.1) is 0 Å². The van der Waals surface area contributed by atoms with E-state index in [4.69, 9.17) is 5.73 Å². The number of hydrogen-bond donors (Lipinski definition) is 3. The Bertz CT molecular complexity index is 828. The number of amides is 1. The van der Waals surface area contributed by atoms with E-state index in [1.165, 1.54) is 6.07 Å². The van der Waals surface area contributed by atoms with Crippen LogP contribution in [-0.4, -0.2) is 11.0 Å². The number of carbonyl (C=O) groups excluding carboxylic acids is 1. The highest BCUT2D eigenvalue weighted by atomic mass is 16.3. The summed E-state index contributed by atoms with van der Waals surface area (Å²) in [6.45, 7) is 0. The molecule has 104 valence electrons. The minimum atomic E-state index is -0.393. The van der Waals surface area contributed by atoms with Crippen molar-refractivity contribution in [2.75, 3.05) is 11.1 Å². The molecular weight excluding hydrogens is 264 g/mol. The van der Waals surface area contributed by atoms with Crippen molar-refractivity contribution >= 4 is 28.1 Å². The van der Waals surface area contributed by atoms with Crippen LogP contribution >= 0.6 is 0 Å². The Kier molecular flexibility index (Phi) is 3.20. The predicted octanol–water partition coefficient (Wildman–Crippen LogP) is 3.38. The summed E-state index contributed by atoms with van der Waals surface area (Å²) in [6, 6.07) is 18.2. The normalized spacial score (nSPS) is 10.5. The van der Waals surface area contributed by atoms with E-state index in [1.807, 2.05) is 42.5 Å². The van der Waals surface area contributed by atoms with E-state index in [9.17, 15) is 9.90 Å². The molecule has 0 bridgehead atoms. The second-order valence-corrected chi connectivity index (χ2v) is 4.76. The molecule has 0 aliphatic rings. The quantitative estimate of drug-likeness (QED) is 0.497. The third-order valence-electron chi connectivity index (χ3n) is 3.32. The molecule has 4 N–H and O–H groups in total. The number of phenols is 1. The summed E-state index contributed by atoms with van der Waals surface area (Å²) in [5.74, 6) is -0.592. The van der Waals surface area contributed by atoms with Gasteiger partial charge < -0.3 is 16.2 Å². The first-order valence-electron chi connectivity index (χ1n) is 6.53. The molecule has 4 nitrogen and oxygen atoms in total. The van der Waals surface area contributed by atoms with Crippen LogP contribution < -0.4 is 11.1 Å². The van der Waals surface area contributed by atoms with Crippen molar-refractivity contribution in [2.45, 2.75) is 0 Å². The number of hydrogen-bond acceptors (Lipinski definition) is 3. The lowest BCUT2D eigenvalue weighted by Gasteiger charge is -2.09. The van der Waals surface area contributed by atoms with Gasteiger partial charge in [-0.25, -0.2) is 0 Å². The highest BCUT2D eigenvalue weighted by molar-refractivity contribution is 6.07. The lowest BCUT2D eigenvalue weighted by Crippen LogP contribution is -2.12. The van der Waals surface area contributed by atoms with E-state index in [0.717, 1.165) is 10.8 Å². The van der Waals surface area contributed by atoms with Gasteiger partial charge in [0, 0.05) is 5.69 Å². The van der Waals surface area contributed by atoms with E-state index in [-0.39, 0.29) is 17.0 Å². The molecule has 3 rings (SSSR count). The van der Waals surface area contributed by atoms with Crippen LogP contribution in [0.4, 0.5) is 11.4 Å². The van der Waals surface area contributed by atoms with Gasteiger partial charge >= 0.3 is 0 Å². The zero-order valence-electron chi connectivity index (χ0n) is 11.2. The molecule has 21 heavy (non-hydrogen) atoms. The summed E-state index contributed by atoms with van der Waals surface area (Å²) in [4.78, 5) is 12.2. The van der Waals surface area contributed by atoms with Crippen LogP contribution in [0, 0.1) is 0 Å². The Labute approximate surface area is 121 Å². The molecule has 0 atom stereocenters. The van der Waals surface area contributed by atoms with Crippen LogP contribution in [-0.2, 0) is 0 Å². The number of phenolic OH excluding ortho intramolecular Hbond substituents is 1. The maximum Gasteiger partial charge on any atom is 0.259 e. The van der Waals surface area contributed by atoms with Gasteiger partial charge in [0.25, 0.3) is 5.91 Å². The summed E-state index contributed by atoms with van der Waals surface area (Å²) in [5, 5.41) is 14.7. The summed E-state index contributed by atoms with van der Waals surface area (Å²) in [6.07, 6.45) is 0. The Morgan fingerprint density at radius 2 is 1.71 bits per heavy atom. The largest absolute Gasteiger partial charge is 0.505 e. The number of para-hydroxylation sites is 1. The first-order valence-corrected chi connectivity index (χ1v) is 6.53. The number of nitrogen functional groups attached to an aromatic ring is 1. The minimum Gasteiger partial charge on any atom is -0.505 e. The van der Waals surface area contributed by atoms with Crippen molar-refractivity contribution in [1.82, 2.24) is 0 Å². The van der Waals surface area contributed by atoms with Gasteiger partial charge in [-0.1, -0.05) is 36.4 Å². The summed E-state index contributed by atoms with van der Waals surface area (Å²) in [7, 11) is 0. The minimum absolute atomic E-state index is 0.156. The molecule has 1 amide bonds. The van der Waals surface area contributed by atoms with Crippen LogP contribution in [0.25, 0.3) is 10.8 Å². The van der Waals surface area contributed by atoms with Crippen LogP contribution in [0.3, 0.4) is 0 Å². The van der Waals surface area contributed by atoms with Gasteiger partial charge in [-0.05, 0) is 35.0 Å². The molecule has 0 radical (unpaired) electrons. The van der Waals surface area contributed by atoms with Crippen molar-refractivity contribution in [1.29, 1.82) is 0 Å². The zero-order valence-corrected chi connectivity index (χ0v) is 11.2. The number of carbonyl (C=O) groups is 1. The molecule has 3 aromatic rings. The first kappa shape index (κ1) is 13.0. The topological polar surface area (TPSA) is 75.4 Å². The lowest BCUT2D eigenvalue weighted by atomic mass is 10.1. The third kappa shape index (κ3) is 2.51. The van der Waals surface area contributed by atoms with E-state index in [0.29, 0.717) is 5.69 Å². The predicted molar refractivity (Wildman–Crippen MR) is 84.4 cm³/mol. The molecule has 0 aliphatic heterocycles. The van der Waals surface area contributed by atoms with E-state index in [2.05, 4.69) is 5.32 Å². The number of nitrogens with one attached hydrogen (secondary N) is 1. The van der Waals surface area contributed by atoms with Gasteiger partial charge in [0.15, 0.2) is 5.75 Å². The number of nitrogens with two attached hydrogens (primary N) is 1. The summed E-state index contributed by atoms with van der Waals surface area (Å²) < 4.78 is 0. The standard InChI is InChI=1S/C17H14N2O2/c18-15-7-3-6-14(16(15)20)17(21)19-13-9-8-11-4-1-2-5-12(11)10-13/h1-10,20H,18H2,(H,19,21). The fourth-order valence-electron chi connectivity index (χ4n) is 2.21. The summed E-state index contributed by atoms with van der Waals surface area (Å²) >= 11 is 0. The van der Waals surface area contributed by atoms with Gasteiger partial charge in [0.05, 0.1) is 11.3 Å². The fourth-order valence-corrected chi connectivity index (χ4v) is 2.21. The number of aromatic hydroxyl groups is 1. The highest BCUT2D eigenvalue weighted by Gasteiger charge is 2.13. The van der Waals surface area contributed by atoms with Gasteiger partial charge in [0.1, 0.15) is 0 Å². The van der Waals surface area contributed by atoms with Crippen molar-refractivity contribution in [3.05, 3.63) is 66.2 Å². The molecule has 0 heterocycles. The van der Waals surface area contributed by atoms with Gasteiger partial charge in [0.2, 0.25) is 0 Å². The molecule has 0 saturated carbocycles. The maximum absolute atomic E-state index is 12.2. The number of benzene rings is 3. The summed E-state index contributed by atoms with van der Waals surface area (Å²) in [5.41, 5.74) is 6.60. The zero-order chi connectivity index (χ0) is 14.8. The maximum atomic E-state index is 12.2. The van der Waals surface area contributed by atoms with E-state index in [1.54, 1.807) is 12.1 Å². The lowest BCUT2D eigenvalue weighted by molar-refractivity contribution is 0.102. The number of rotatable bonds is 2. The molecule has 0 aliphatic carbocycles.